The molecule has 118 valence electrons. The molecule has 24 heavy (non-hydrogen) atoms. The molecule has 0 bridgehead atoms. The van der Waals surface area contributed by atoms with Crippen LogP contribution in [0.5, 0.6) is 0 Å². The number of benzene rings is 2. The van der Waals surface area contributed by atoms with Crippen molar-refractivity contribution in [3.05, 3.63) is 68.9 Å². The highest BCUT2D eigenvalue weighted by molar-refractivity contribution is 9.10. The van der Waals surface area contributed by atoms with Crippen molar-refractivity contribution in [2.24, 2.45) is 0 Å². The standard InChI is InChI=1S/C18H10Br2FN3/c19-10-5-6-16(21)13(7-10)12-8-17(24-18(23)14(12)9-22)11-3-1-2-4-15(11)20/h1-8H,(H2,23,24). The molecular formula is C18H10Br2FN3. The summed E-state index contributed by atoms with van der Waals surface area (Å²) in [6.45, 7) is 0. The van der Waals surface area contributed by atoms with Crippen LogP contribution in [-0.2, 0) is 0 Å². The fourth-order valence-electron chi connectivity index (χ4n) is 2.41. The van der Waals surface area contributed by atoms with Gasteiger partial charge < -0.3 is 5.73 Å². The van der Waals surface area contributed by atoms with Gasteiger partial charge in [-0.2, -0.15) is 5.26 Å². The van der Waals surface area contributed by atoms with Gasteiger partial charge in [-0.1, -0.05) is 50.1 Å². The summed E-state index contributed by atoms with van der Waals surface area (Å²) >= 11 is 6.80. The Morgan fingerprint density at radius 1 is 1.00 bits per heavy atom. The largest absolute Gasteiger partial charge is 0.383 e. The first kappa shape index (κ1) is 16.6. The summed E-state index contributed by atoms with van der Waals surface area (Å²) in [4.78, 5) is 4.30. The van der Waals surface area contributed by atoms with Crippen LogP contribution in [0.2, 0.25) is 0 Å². The van der Waals surface area contributed by atoms with Crippen LogP contribution in [-0.4, -0.2) is 4.98 Å². The maximum Gasteiger partial charge on any atom is 0.142 e. The minimum Gasteiger partial charge on any atom is -0.383 e. The lowest BCUT2D eigenvalue weighted by Crippen LogP contribution is -2.01. The molecule has 2 aromatic carbocycles. The highest BCUT2D eigenvalue weighted by Crippen LogP contribution is 2.35. The molecule has 0 amide bonds. The predicted molar refractivity (Wildman–Crippen MR) is 99.6 cm³/mol. The zero-order valence-corrected chi connectivity index (χ0v) is 15.4. The van der Waals surface area contributed by atoms with Gasteiger partial charge in [-0.25, -0.2) is 9.37 Å². The Balaban J connectivity index is 2.32. The summed E-state index contributed by atoms with van der Waals surface area (Å²) < 4.78 is 15.9. The minimum atomic E-state index is -0.432. The second-order valence-corrected chi connectivity index (χ2v) is 6.80. The van der Waals surface area contributed by atoms with Gasteiger partial charge >= 0.3 is 0 Å². The van der Waals surface area contributed by atoms with E-state index in [4.69, 9.17) is 5.73 Å². The Kier molecular flexibility index (Phi) is 4.65. The van der Waals surface area contributed by atoms with Crippen molar-refractivity contribution >= 4 is 37.7 Å². The second kappa shape index (κ2) is 6.71. The first-order chi connectivity index (χ1) is 11.5. The van der Waals surface area contributed by atoms with E-state index >= 15 is 0 Å². The molecule has 0 saturated carbocycles. The molecule has 0 saturated heterocycles. The molecule has 0 atom stereocenters. The number of hydrogen-bond donors (Lipinski definition) is 1. The number of hydrogen-bond acceptors (Lipinski definition) is 3. The van der Waals surface area contributed by atoms with Crippen LogP contribution >= 0.6 is 31.9 Å². The topological polar surface area (TPSA) is 62.7 Å². The number of nitrogens with two attached hydrogens (primary N) is 1. The van der Waals surface area contributed by atoms with Crippen molar-refractivity contribution in [3.8, 4) is 28.5 Å². The molecule has 2 N–H and O–H groups in total. The van der Waals surface area contributed by atoms with E-state index < -0.39 is 5.82 Å². The van der Waals surface area contributed by atoms with Crippen LogP contribution in [0.15, 0.2) is 57.5 Å². The first-order valence-electron chi connectivity index (χ1n) is 6.92. The average molecular weight is 447 g/mol. The Labute approximate surface area is 155 Å². The van der Waals surface area contributed by atoms with Crippen molar-refractivity contribution in [3.63, 3.8) is 0 Å². The highest BCUT2D eigenvalue weighted by atomic mass is 79.9. The molecule has 0 fully saturated rings. The van der Waals surface area contributed by atoms with Crippen LogP contribution in [0.3, 0.4) is 0 Å². The maximum absolute atomic E-state index is 14.3. The summed E-state index contributed by atoms with van der Waals surface area (Å²) in [6.07, 6.45) is 0. The molecule has 1 heterocycles. The lowest BCUT2D eigenvalue weighted by molar-refractivity contribution is 0.631. The lowest BCUT2D eigenvalue weighted by atomic mass is 9.98. The van der Waals surface area contributed by atoms with Crippen molar-refractivity contribution in [2.45, 2.75) is 0 Å². The molecule has 3 rings (SSSR count). The monoisotopic (exact) mass is 445 g/mol. The Hall–Kier alpha value is -2.23. The second-order valence-electron chi connectivity index (χ2n) is 5.03. The van der Waals surface area contributed by atoms with E-state index in [0.29, 0.717) is 21.3 Å². The molecule has 0 radical (unpaired) electrons. The third kappa shape index (κ3) is 3.05. The van der Waals surface area contributed by atoms with Crippen molar-refractivity contribution < 1.29 is 4.39 Å². The van der Waals surface area contributed by atoms with Gasteiger partial charge in [0.25, 0.3) is 0 Å². The molecular weight excluding hydrogens is 437 g/mol. The van der Waals surface area contributed by atoms with Crippen LogP contribution in [0.25, 0.3) is 22.4 Å². The van der Waals surface area contributed by atoms with E-state index in [1.165, 1.54) is 6.07 Å². The van der Waals surface area contributed by atoms with Gasteiger partial charge in [-0.15, -0.1) is 0 Å². The zero-order valence-electron chi connectivity index (χ0n) is 12.2. The number of nitriles is 1. The van der Waals surface area contributed by atoms with Crippen LogP contribution in [0.4, 0.5) is 10.2 Å². The third-order valence-corrected chi connectivity index (χ3v) is 4.71. The maximum atomic E-state index is 14.3. The lowest BCUT2D eigenvalue weighted by Gasteiger charge is -2.12. The van der Waals surface area contributed by atoms with E-state index in [1.807, 2.05) is 30.3 Å². The van der Waals surface area contributed by atoms with E-state index in [-0.39, 0.29) is 11.4 Å². The Bertz CT molecular complexity index is 980. The van der Waals surface area contributed by atoms with Crippen LogP contribution in [0, 0.1) is 17.1 Å². The van der Waals surface area contributed by atoms with E-state index in [0.717, 1.165) is 10.0 Å². The van der Waals surface area contributed by atoms with Gasteiger partial charge in [-0.3, -0.25) is 0 Å². The van der Waals surface area contributed by atoms with Gasteiger partial charge in [0.15, 0.2) is 0 Å². The minimum absolute atomic E-state index is 0.0696. The van der Waals surface area contributed by atoms with E-state index in [2.05, 4.69) is 36.8 Å². The number of anilines is 1. The fraction of sp³-hybridized carbons (Fsp3) is 0. The molecule has 0 aliphatic rings. The van der Waals surface area contributed by atoms with Crippen molar-refractivity contribution in [1.82, 2.24) is 4.98 Å². The smallest absolute Gasteiger partial charge is 0.142 e. The number of pyridine rings is 1. The zero-order chi connectivity index (χ0) is 17.3. The SMILES string of the molecule is N#Cc1c(-c2cc(Br)ccc2F)cc(-c2ccccc2Br)nc1N. The Morgan fingerprint density at radius 2 is 1.75 bits per heavy atom. The number of halogens is 3. The summed E-state index contributed by atoms with van der Waals surface area (Å²) in [7, 11) is 0. The van der Waals surface area contributed by atoms with Gasteiger partial charge in [0.1, 0.15) is 23.3 Å². The average Bonchev–Trinajstić information content (AvgIpc) is 2.57. The number of rotatable bonds is 2. The predicted octanol–water partition coefficient (Wildman–Crippen LogP) is 5.53. The number of nitrogens with zero attached hydrogens (tertiary/aromatic N) is 2. The van der Waals surface area contributed by atoms with Crippen LogP contribution in [0.1, 0.15) is 5.56 Å². The molecule has 1 aromatic heterocycles. The Morgan fingerprint density at radius 3 is 2.46 bits per heavy atom. The summed E-state index contributed by atoms with van der Waals surface area (Å²) in [5.74, 6) is -0.362. The molecule has 0 aliphatic heterocycles. The number of aromatic nitrogens is 1. The highest BCUT2D eigenvalue weighted by Gasteiger charge is 2.17. The van der Waals surface area contributed by atoms with Gasteiger partial charge in [-0.05, 0) is 30.3 Å². The quantitative estimate of drug-likeness (QED) is 0.562. The summed E-state index contributed by atoms with van der Waals surface area (Å²) in [5.41, 5.74) is 8.20. The summed E-state index contributed by atoms with van der Waals surface area (Å²) in [6, 6.07) is 15.8. The molecule has 0 unspecified atom stereocenters. The molecule has 0 aliphatic carbocycles. The van der Waals surface area contributed by atoms with Gasteiger partial charge in [0, 0.05) is 25.6 Å². The van der Waals surface area contributed by atoms with Gasteiger partial charge in [0.2, 0.25) is 0 Å². The molecule has 3 nitrogen and oxygen atoms in total. The van der Waals surface area contributed by atoms with Crippen LogP contribution < -0.4 is 5.73 Å². The van der Waals surface area contributed by atoms with Crippen molar-refractivity contribution in [2.75, 3.05) is 5.73 Å². The number of nitrogen functional groups attached to an aromatic ring is 1. The fourth-order valence-corrected chi connectivity index (χ4v) is 3.25. The molecule has 3 aromatic rings. The molecule has 0 spiro atoms. The van der Waals surface area contributed by atoms with Crippen molar-refractivity contribution in [1.29, 1.82) is 5.26 Å². The van der Waals surface area contributed by atoms with E-state index in [9.17, 15) is 9.65 Å². The van der Waals surface area contributed by atoms with Gasteiger partial charge in [0.05, 0.1) is 5.69 Å². The van der Waals surface area contributed by atoms with E-state index in [1.54, 1.807) is 18.2 Å². The molecule has 6 heteroatoms. The third-order valence-electron chi connectivity index (χ3n) is 3.53. The first-order valence-corrected chi connectivity index (χ1v) is 8.51. The normalized spacial score (nSPS) is 10.4. The summed E-state index contributed by atoms with van der Waals surface area (Å²) in [5, 5.41) is 9.42.